The number of piperidine rings is 1. The smallest absolute Gasteiger partial charge is 0.227 e. The summed E-state index contributed by atoms with van der Waals surface area (Å²) in [7, 11) is 5.04. The second kappa shape index (κ2) is 9.01. The summed E-state index contributed by atoms with van der Waals surface area (Å²) in [6.07, 6.45) is 2.73. The number of fused-ring (bicyclic) bond motifs is 1. The summed E-state index contributed by atoms with van der Waals surface area (Å²) in [6.45, 7) is 1.94. The van der Waals surface area contributed by atoms with Crippen LogP contribution in [0.4, 0.5) is 0 Å². The molecule has 1 aliphatic heterocycles. The summed E-state index contributed by atoms with van der Waals surface area (Å²) in [5.74, 6) is 0.689. The lowest BCUT2D eigenvalue weighted by molar-refractivity contribution is -0.143. The lowest BCUT2D eigenvalue weighted by atomic mass is 9.95. The van der Waals surface area contributed by atoms with Gasteiger partial charge in [0.1, 0.15) is 11.3 Å². The Labute approximate surface area is 165 Å². The monoisotopic (exact) mass is 385 g/mol. The maximum atomic E-state index is 13.0. The average molecular weight is 385 g/mol. The number of pyridine rings is 1. The standard InChI is InChI=1S/C21H27N3O4/c1-23(21(26)16-7-9-19(25)24(14-16)11-12-27-2)13-15-6-8-18(28-3)20-17(15)5-4-10-22-20/h4-6,8,10,16H,7,9,11-14H2,1-3H3/t16-/m0/s1. The SMILES string of the molecule is COCCN1C[C@@H](C(=O)N(C)Cc2ccc(OC)c3ncccc23)CCC1=O. The van der Waals surface area contributed by atoms with Crippen molar-refractivity contribution in [1.82, 2.24) is 14.8 Å². The number of benzene rings is 1. The van der Waals surface area contributed by atoms with Gasteiger partial charge < -0.3 is 19.3 Å². The molecule has 7 nitrogen and oxygen atoms in total. The Morgan fingerprint density at radius 3 is 2.89 bits per heavy atom. The van der Waals surface area contributed by atoms with Crippen molar-refractivity contribution < 1.29 is 19.1 Å². The molecule has 1 aromatic heterocycles. The second-order valence-electron chi connectivity index (χ2n) is 7.09. The van der Waals surface area contributed by atoms with E-state index in [1.54, 1.807) is 30.2 Å². The Morgan fingerprint density at radius 2 is 2.14 bits per heavy atom. The quantitative estimate of drug-likeness (QED) is 0.730. The normalized spacial score (nSPS) is 17.0. The number of rotatable bonds is 7. The molecule has 2 heterocycles. The van der Waals surface area contributed by atoms with E-state index in [2.05, 4.69) is 4.98 Å². The van der Waals surface area contributed by atoms with Crippen molar-refractivity contribution in [1.29, 1.82) is 0 Å². The van der Waals surface area contributed by atoms with Crippen molar-refractivity contribution >= 4 is 22.7 Å². The van der Waals surface area contributed by atoms with Crippen molar-refractivity contribution in [2.75, 3.05) is 41.0 Å². The average Bonchev–Trinajstić information content (AvgIpc) is 2.72. The van der Waals surface area contributed by atoms with Crippen LogP contribution in [-0.4, -0.2) is 67.6 Å². The predicted molar refractivity (Wildman–Crippen MR) is 106 cm³/mol. The van der Waals surface area contributed by atoms with Gasteiger partial charge in [-0.15, -0.1) is 0 Å². The molecule has 1 atom stereocenters. The Morgan fingerprint density at radius 1 is 1.32 bits per heavy atom. The number of likely N-dealkylation sites (tertiary alicyclic amines) is 1. The molecule has 28 heavy (non-hydrogen) atoms. The Kier molecular flexibility index (Phi) is 6.46. The van der Waals surface area contributed by atoms with E-state index < -0.39 is 0 Å². The first-order chi connectivity index (χ1) is 13.5. The first kappa shape index (κ1) is 20.1. The highest BCUT2D eigenvalue weighted by Gasteiger charge is 2.31. The summed E-state index contributed by atoms with van der Waals surface area (Å²) in [5.41, 5.74) is 1.81. The highest BCUT2D eigenvalue weighted by Crippen LogP contribution is 2.28. The van der Waals surface area contributed by atoms with Gasteiger partial charge in [-0.3, -0.25) is 14.6 Å². The maximum absolute atomic E-state index is 13.0. The number of hydrogen-bond donors (Lipinski definition) is 0. The number of methoxy groups -OCH3 is 2. The second-order valence-corrected chi connectivity index (χ2v) is 7.09. The molecule has 1 fully saturated rings. The molecule has 1 aromatic carbocycles. The first-order valence-corrected chi connectivity index (χ1v) is 9.47. The summed E-state index contributed by atoms with van der Waals surface area (Å²) in [5, 5.41) is 0.974. The molecule has 3 rings (SSSR count). The molecule has 0 N–H and O–H groups in total. The molecule has 0 saturated carbocycles. The fraction of sp³-hybridized carbons (Fsp3) is 0.476. The van der Waals surface area contributed by atoms with E-state index in [1.807, 2.05) is 31.3 Å². The van der Waals surface area contributed by atoms with Gasteiger partial charge in [0.15, 0.2) is 0 Å². The zero-order chi connectivity index (χ0) is 20.1. The third-order valence-corrected chi connectivity index (χ3v) is 5.24. The van der Waals surface area contributed by atoms with Gasteiger partial charge in [-0.05, 0) is 24.1 Å². The van der Waals surface area contributed by atoms with Gasteiger partial charge in [-0.1, -0.05) is 12.1 Å². The first-order valence-electron chi connectivity index (χ1n) is 9.47. The van der Waals surface area contributed by atoms with Crippen LogP contribution in [0.3, 0.4) is 0 Å². The van der Waals surface area contributed by atoms with Crippen LogP contribution in [0.2, 0.25) is 0 Å². The molecule has 1 saturated heterocycles. The third kappa shape index (κ3) is 4.25. The van der Waals surface area contributed by atoms with E-state index in [1.165, 1.54) is 0 Å². The lowest BCUT2D eigenvalue weighted by Crippen LogP contribution is -2.47. The van der Waals surface area contributed by atoms with Crippen LogP contribution in [0.5, 0.6) is 5.75 Å². The number of aromatic nitrogens is 1. The minimum Gasteiger partial charge on any atom is -0.494 e. The summed E-state index contributed by atoms with van der Waals surface area (Å²) in [4.78, 5) is 33.0. The highest BCUT2D eigenvalue weighted by molar-refractivity contribution is 5.88. The molecular formula is C21H27N3O4. The van der Waals surface area contributed by atoms with Crippen LogP contribution in [0.15, 0.2) is 30.5 Å². The van der Waals surface area contributed by atoms with Gasteiger partial charge in [0.05, 0.1) is 19.6 Å². The van der Waals surface area contributed by atoms with Crippen LogP contribution in [0, 0.1) is 5.92 Å². The van der Waals surface area contributed by atoms with Crippen LogP contribution >= 0.6 is 0 Å². The van der Waals surface area contributed by atoms with Gasteiger partial charge in [-0.25, -0.2) is 0 Å². The molecule has 150 valence electrons. The predicted octanol–water partition coefficient (Wildman–Crippen LogP) is 2.09. The van der Waals surface area contributed by atoms with Crippen molar-refractivity contribution in [3.63, 3.8) is 0 Å². The molecule has 0 bridgehead atoms. The minimum atomic E-state index is -0.179. The van der Waals surface area contributed by atoms with Crippen molar-refractivity contribution in [3.8, 4) is 5.75 Å². The van der Waals surface area contributed by atoms with E-state index in [4.69, 9.17) is 9.47 Å². The van der Waals surface area contributed by atoms with E-state index in [9.17, 15) is 9.59 Å². The Hall–Kier alpha value is -2.67. The molecule has 0 radical (unpaired) electrons. The minimum absolute atomic E-state index is 0.0581. The molecule has 2 aromatic rings. The maximum Gasteiger partial charge on any atom is 0.227 e. The largest absolute Gasteiger partial charge is 0.494 e. The van der Waals surface area contributed by atoms with Gasteiger partial charge in [0.2, 0.25) is 11.8 Å². The van der Waals surface area contributed by atoms with Gasteiger partial charge in [0, 0.05) is 51.8 Å². The number of hydrogen-bond acceptors (Lipinski definition) is 5. The number of carbonyl (C=O) groups excluding carboxylic acids is 2. The van der Waals surface area contributed by atoms with E-state index in [-0.39, 0.29) is 17.7 Å². The molecule has 7 heteroatoms. The van der Waals surface area contributed by atoms with Crippen molar-refractivity contribution in [2.45, 2.75) is 19.4 Å². The van der Waals surface area contributed by atoms with Crippen LogP contribution in [-0.2, 0) is 20.9 Å². The molecule has 0 aliphatic carbocycles. The van der Waals surface area contributed by atoms with Gasteiger partial charge in [-0.2, -0.15) is 0 Å². The van der Waals surface area contributed by atoms with Gasteiger partial charge >= 0.3 is 0 Å². The number of carbonyl (C=O) groups is 2. The molecular weight excluding hydrogens is 358 g/mol. The number of nitrogens with zero attached hydrogens (tertiary/aromatic N) is 3. The lowest BCUT2D eigenvalue weighted by Gasteiger charge is -2.33. The summed E-state index contributed by atoms with van der Waals surface area (Å²) in [6, 6.07) is 7.73. The molecule has 1 aliphatic rings. The topological polar surface area (TPSA) is 72.0 Å². The van der Waals surface area contributed by atoms with E-state index >= 15 is 0 Å². The Bertz CT molecular complexity index is 855. The van der Waals surface area contributed by atoms with Crippen LogP contribution in [0.25, 0.3) is 10.9 Å². The number of ether oxygens (including phenoxy) is 2. The Balaban J connectivity index is 1.72. The molecule has 0 unspecified atom stereocenters. The van der Waals surface area contributed by atoms with Crippen LogP contribution in [0.1, 0.15) is 18.4 Å². The van der Waals surface area contributed by atoms with Gasteiger partial charge in [0.25, 0.3) is 0 Å². The van der Waals surface area contributed by atoms with E-state index in [0.717, 1.165) is 16.5 Å². The van der Waals surface area contributed by atoms with Crippen molar-refractivity contribution in [2.24, 2.45) is 5.92 Å². The fourth-order valence-corrected chi connectivity index (χ4v) is 3.69. The zero-order valence-electron chi connectivity index (χ0n) is 16.7. The molecule has 0 spiro atoms. The van der Waals surface area contributed by atoms with Crippen LogP contribution < -0.4 is 4.74 Å². The molecule has 2 amide bonds. The van der Waals surface area contributed by atoms with Crippen molar-refractivity contribution in [3.05, 3.63) is 36.0 Å². The fourth-order valence-electron chi connectivity index (χ4n) is 3.69. The third-order valence-electron chi connectivity index (χ3n) is 5.24. The van der Waals surface area contributed by atoms with E-state index in [0.29, 0.717) is 44.8 Å². The zero-order valence-corrected chi connectivity index (χ0v) is 16.7. The summed E-state index contributed by atoms with van der Waals surface area (Å²) >= 11 is 0. The summed E-state index contributed by atoms with van der Waals surface area (Å²) < 4.78 is 10.5. The highest BCUT2D eigenvalue weighted by atomic mass is 16.5. The number of amides is 2.